The van der Waals surface area contributed by atoms with Gasteiger partial charge in [-0.25, -0.2) is 8.42 Å². The number of methoxy groups -OCH3 is 2. The second-order valence-electron chi connectivity index (χ2n) is 8.30. The molecule has 0 aliphatic carbocycles. The summed E-state index contributed by atoms with van der Waals surface area (Å²) >= 11 is 6.04. The van der Waals surface area contributed by atoms with E-state index in [1.165, 1.54) is 68.6 Å². The van der Waals surface area contributed by atoms with Crippen LogP contribution in [-0.4, -0.2) is 59.0 Å². The number of ether oxygens (including phenoxy) is 2. The second kappa shape index (κ2) is 12.7. The third-order valence-corrected chi connectivity index (χ3v) is 7.97. The number of anilines is 1. The Kier molecular flexibility index (Phi) is 9.60. The Hall–Kier alpha value is -3.76. The number of halogens is 1. The Morgan fingerprint density at radius 2 is 1.58 bits per heavy atom. The molecule has 38 heavy (non-hydrogen) atoms. The number of rotatable bonds is 11. The third-order valence-electron chi connectivity index (χ3n) is 5.95. The summed E-state index contributed by atoms with van der Waals surface area (Å²) in [7, 11) is 0.0501. The first-order valence-corrected chi connectivity index (χ1v) is 13.5. The zero-order valence-electron chi connectivity index (χ0n) is 21.5. The molecule has 2 amide bonds. The predicted octanol–water partition coefficient (Wildman–Crippen LogP) is 3.72. The first-order valence-electron chi connectivity index (χ1n) is 11.7. The summed E-state index contributed by atoms with van der Waals surface area (Å²) in [6.07, 6.45) is 0. The van der Waals surface area contributed by atoms with Crippen LogP contribution in [0, 0.1) is 0 Å². The van der Waals surface area contributed by atoms with E-state index in [9.17, 15) is 18.0 Å². The van der Waals surface area contributed by atoms with Crippen molar-refractivity contribution in [2.75, 3.05) is 32.1 Å². The Labute approximate surface area is 228 Å². The molecule has 9 nitrogen and oxygen atoms in total. The highest BCUT2D eigenvalue weighted by molar-refractivity contribution is 7.92. The van der Waals surface area contributed by atoms with E-state index in [0.717, 1.165) is 9.87 Å². The van der Waals surface area contributed by atoms with Gasteiger partial charge in [-0.2, -0.15) is 0 Å². The van der Waals surface area contributed by atoms with Crippen LogP contribution in [0.25, 0.3) is 0 Å². The van der Waals surface area contributed by atoms with Crippen LogP contribution in [0.3, 0.4) is 0 Å². The van der Waals surface area contributed by atoms with E-state index < -0.39 is 28.5 Å². The third kappa shape index (κ3) is 6.56. The maximum absolute atomic E-state index is 13.9. The molecule has 0 unspecified atom stereocenters. The van der Waals surface area contributed by atoms with Crippen LogP contribution in [0.1, 0.15) is 12.5 Å². The summed E-state index contributed by atoms with van der Waals surface area (Å²) in [5, 5.41) is 2.96. The number of amides is 2. The highest BCUT2D eigenvalue weighted by Crippen LogP contribution is 2.32. The van der Waals surface area contributed by atoms with Crippen LogP contribution < -0.4 is 19.1 Å². The second-order valence-corrected chi connectivity index (χ2v) is 10.6. The lowest BCUT2D eigenvalue weighted by Crippen LogP contribution is -2.50. The molecule has 0 aliphatic heterocycles. The fourth-order valence-electron chi connectivity index (χ4n) is 3.81. The Bertz CT molecular complexity index is 1370. The average Bonchev–Trinajstić information content (AvgIpc) is 2.94. The number of likely N-dealkylation sites (N-methyl/N-ethyl adjacent to an activating group) is 1. The molecule has 11 heteroatoms. The fourth-order valence-corrected chi connectivity index (χ4v) is 5.37. The van der Waals surface area contributed by atoms with Crippen molar-refractivity contribution < 1.29 is 27.5 Å². The molecule has 0 aromatic heterocycles. The quantitative estimate of drug-likeness (QED) is 0.384. The van der Waals surface area contributed by atoms with Crippen molar-refractivity contribution in [2.45, 2.75) is 24.4 Å². The van der Waals surface area contributed by atoms with Gasteiger partial charge in [0.1, 0.15) is 12.6 Å². The monoisotopic (exact) mass is 559 g/mol. The number of carbonyl (C=O) groups excluding carboxylic acids is 2. The number of nitrogens with zero attached hydrogens (tertiary/aromatic N) is 2. The smallest absolute Gasteiger partial charge is 0.264 e. The van der Waals surface area contributed by atoms with E-state index >= 15 is 0 Å². The number of carbonyl (C=O) groups is 2. The van der Waals surface area contributed by atoms with E-state index in [1.807, 2.05) is 30.3 Å². The standard InChI is InChI=1S/C27H30ClN3O6S/c1-19(27(33)29-2)30(17-20-8-6-5-7-9-20)26(32)18-31(22-12-10-21(28)11-13-22)38(34,35)23-14-15-24(36-3)25(16-23)37-4/h5-16,19H,17-18H2,1-4H3,(H,29,33)/t19-/m0/s1. The molecule has 1 atom stereocenters. The van der Waals surface area contributed by atoms with Gasteiger partial charge < -0.3 is 19.7 Å². The minimum Gasteiger partial charge on any atom is -0.493 e. The summed E-state index contributed by atoms with van der Waals surface area (Å²) in [6.45, 7) is 1.14. The molecule has 3 aromatic rings. The van der Waals surface area contributed by atoms with Crippen molar-refractivity contribution in [3.05, 3.63) is 83.4 Å². The molecule has 0 saturated heterocycles. The SMILES string of the molecule is CNC(=O)[C@H](C)N(Cc1ccccc1)C(=O)CN(c1ccc(Cl)cc1)S(=O)(=O)c1ccc(OC)c(OC)c1. The van der Waals surface area contributed by atoms with Crippen molar-refractivity contribution in [3.63, 3.8) is 0 Å². The van der Waals surface area contributed by atoms with Gasteiger partial charge in [0.2, 0.25) is 11.8 Å². The number of benzene rings is 3. The van der Waals surface area contributed by atoms with Crippen LogP contribution in [0.4, 0.5) is 5.69 Å². The highest BCUT2D eigenvalue weighted by Gasteiger charge is 2.32. The van der Waals surface area contributed by atoms with Crippen LogP contribution >= 0.6 is 11.6 Å². The summed E-state index contributed by atoms with van der Waals surface area (Å²) in [4.78, 5) is 27.5. The maximum Gasteiger partial charge on any atom is 0.264 e. The van der Waals surface area contributed by atoms with Gasteiger partial charge in [0.15, 0.2) is 11.5 Å². The van der Waals surface area contributed by atoms with Gasteiger partial charge in [-0.05, 0) is 48.9 Å². The summed E-state index contributed by atoms with van der Waals surface area (Å²) in [6, 6.07) is 18.6. The van der Waals surface area contributed by atoms with Crippen molar-refractivity contribution >= 4 is 39.1 Å². The molecule has 1 N–H and O–H groups in total. The van der Waals surface area contributed by atoms with E-state index in [4.69, 9.17) is 21.1 Å². The van der Waals surface area contributed by atoms with Crippen LogP contribution in [0.2, 0.25) is 5.02 Å². The zero-order chi connectivity index (χ0) is 27.9. The van der Waals surface area contributed by atoms with Gasteiger partial charge in [0, 0.05) is 24.7 Å². The van der Waals surface area contributed by atoms with E-state index in [2.05, 4.69) is 5.32 Å². The number of hydrogen-bond donors (Lipinski definition) is 1. The van der Waals surface area contributed by atoms with Gasteiger partial charge in [-0.15, -0.1) is 0 Å². The Morgan fingerprint density at radius 3 is 2.16 bits per heavy atom. The van der Waals surface area contributed by atoms with Crippen molar-refractivity contribution in [1.29, 1.82) is 0 Å². The lowest BCUT2D eigenvalue weighted by atomic mass is 10.1. The van der Waals surface area contributed by atoms with Crippen LogP contribution in [0.15, 0.2) is 77.7 Å². The molecule has 3 aromatic carbocycles. The molecule has 0 saturated carbocycles. The van der Waals surface area contributed by atoms with Crippen LogP contribution in [-0.2, 0) is 26.2 Å². The molecule has 0 aliphatic rings. The molecule has 0 fully saturated rings. The van der Waals surface area contributed by atoms with Gasteiger partial charge in [0.25, 0.3) is 10.0 Å². The van der Waals surface area contributed by atoms with E-state index in [1.54, 1.807) is 6.92 Å². The van der Waals surface area contributed by atoms with Gasteiger partial charge in [-0.3, -0.25) is 13.9 Å². The minimum atomic E-state index is -4.27. The molecule has 202 valence electrons. The lowest BCUT2D eigenvalue weighted by molar-refractivity contribution is -0.139. The fraction of sp³-hybridized carbons (Fsp3) is 0.259. The molecule has 0 heterocycles. The Balaban J connectivity index is 2.06. The zero-order valence-corrected chi connectivity index (χ0v) is 23.1. The molecule has 3 rings (SSSR count). The van der Waals surface area contributed by atoms with E-state index in [-0.39, 0.29) is 28.8 Å². The topological polar surface area (TPSA) is 105 Å². The summed E-state index contributed by atoms with van der Waals surface area (Å²) in [5.74, 6) is -0.372. The largest absolute Gasteiger partial charge is 0.493 e. The highest BCUT2D eigenvalue weighted by atomic mass is 35.5. The van der Waals surface area contributed by atoms with Gasteiger partial charge in [-0.1, -0.05) is 41.9 Å². The first kappa shape index (κ1) is 28.8. The average molecular weight is 560 g/mol. The molecule has 0 bridgehead atoms. The molecular weight excluding hydrogens is 530 g/mol. The number of sulfonamides is 1. The van der Waals surface area contributed by atoms with Crippen molar-refractivity contribution in [2.24, 2.45) is 0 Å². The lowest BCUT2D eigenvalue weighted by Gasteiger charge is -2.31. The Morgan fingerprint density at radius 1 is 0.947 bits per heavy atom. The predicted molar refractivity (Wildman–Crippen MR) is 146 cm³/mol. The van der Waals surface area contributed by atoms with Crippen LogP contribution in [0.5, 0.6) is 11.5 Å². The molecule has 0 radical (unpaired) electrons. The maximum atomic E-state index is 13.9. The number of hydrogen-bond acceptors (Lipinski definition) is 6. The minimum absolute atomic E-state index is 0.105. The summed E-state index contributed by atoms with van der Waals surface area (Å²) in [5.41, 5.74) is 1.02. The van der Waals surface area contributed by atoms with Crippen molar-refractivity contribution in [1.82, 2.24) is 10.2 Å². The van der Waals surface area contributed by atoms with Crippen molar-refractivity contribution in [3.8, 4) is 11.5 Å². The number of nitrogens with one attached hydrogen (secondary N) is 1. The normalized spacial score (nSPS) is 11.8. The van der Waals surface area contributed by atoms with Gasteiger partial charge in [0.05, 0.1) is 24.8 Å². The molecular formula is C27H30ClN3O6S. The van der Waals surface area contributed by atoms with E-state index in [0.29, 0.717) is 10.8 Å². The van der Waals surface area contributed by atoms with Gasteiger partial charge >= 0.3 is 0 Å². The molecule has 0 spiro atoms. The summed E-state index contributed by atoms with van der Waals surface area (Å²) < 4.78 is 39.3. The first-order chi connectivity index (χ1) is 18.1.